The molecule has 1 amide bonds. The Morgan fingerprint density at radius 2 is 1.96 bits per heavy atom. The Morgan fingerprint density at radius 3 is 2.71 bits per heavy atom. The average Bonchev–Trinajstić information content (AvgIpc) is 2.72. The van der Waals surface area contributed by atoms with E-state index in [2.05, 4.69) is 23.2 Å². The minimum Gasteiger partial charge on any atom is -0.494 e. The summed E-state index contributed by atoms with van der Waals surface area (Å²) >= 11 is 0. The fourth-order valence-electron chi connectivity index (χ4n) is 3.02. The normalized spacial score (nSPS) is 14.9. The first-order valence-electron chi connectivity index (χ1n) is 9.84. The Morgan fingerprint density at radius 1 is 1.18 bits per heavy atom. The van der Waals surface area contributed by atoms with Crippen molar-refractivity contribution >= 4 is 17.7 Å². The van der Waals surface area contributed by atoms with Crippen molar-refractivity contribution in [3.8, 4) is 5.75 Å². The topological polar surface area (TPSA) is 50.8 Å². The van der Waals surface area contributed by atoms with Crippen LogP contribution in [0.1, 0.15) is 24.5 Å². The summed E-state index contributed by atoms with van der Waals surface area (Å²) in [4.78, 5) is 14.6. The number of morpholine rings is 1. The molecule has 0 aliphatic carbocycles. The highest BCUT2D eigenvalue weighted by atomic mass is 16.5. The number of amides is 1. The van der Waals surface area contributed by atoms with Gasteiger partial charge in [-0.05, 0) is 47.9 Å². The number of benzene rings is 2. The van der Waals surface area contributed by atoms with E-state index in [1.165, 1.54) is 5.56 Å². The number of ether oxygens (including phenoxy) is 2. The predicted molar refractivity (Wildman–Crippen MR) is 112 cm³/mol. The van der Waals surface area contributed by atoms with Crippen molar-refractivity contribution in [2.45, 2.75) is 19.9 Å². The molecule has 5 nitrogen and oxygen atoms in total. The average molecular weight is 380 g/mol. The molecule has 1 N–H and O–H groups in total. The summed E-state index contributed by atoms with van der Waals surface area (Å²) in [5, 5.41) is 2.94. The van der Waals surface area contributed by atoms with Crippen molar-refractivity contribution < 1.29 is 14.3 Å². The number of hydrogen-bond donors (Lipinski definition) is 1. The summed E-state index contributed by atoms with van der Waals surface area (Å²) in [5.74, 6) is 0.704. The molecule has 5 heteroatoms. The number of anilines is 1. The van der Waals surface area contributed by atoms with Gasteiger partial charge in [-0.25, -0.2) is 0 Å². The van der Waals surface area contributed by atoms with Crippen LogP contribution in [0.25, 0.3) is 6.08 Å². The zero-order chi connectivity index (χ0) is 19.6. The second-order valence-corrected chi connectivity index (χ2v) is 6.83. The van der Waals surface area contributed by atoms with Crippen molar-refractivity contribution in [1.29, 1.82) is 0 Å². The predicted octanol–water partition coefficient (Wildman–Crippen LogP) is 3.96. The largest absolute Gasteiger partial charge is 0.494 e. The fourth-order valence-corrected chi connectivity index (χ4v) is 3.02. The Bertz CT molecular complexity index is 781. The molecule has 3 rings (SSSR count). The molecule has 1 saturated heterocycles. The first kappa shape index (κ1) is 20.1. The quantitative estimate of drug-likeness (QED) is 0.705. The summed E-state index contributed by atoms with van der Waals surface area (Å²) in [6.07, 6.45) is 4.34. The summed E-state index contributed by atoms with van der Waals surface area (Å²) in [5.41, 5.74) is 2.95. The van der Waals surface area contributed by atoms with Crippen LogP contribution in [-0.4, -0.2) is 43.7 Å². The Hall–Kier alpha value is -2.63. The number of carbonyl (C=O) groups excluding carboxylic acids is 1. The fraction of sp³-hybridized carbons (Fsp3) is 0.348. The maximum absolute atomic E-state index is 12.2. The van der Waals surface area contributed by atoms with Crippen LogP contribution >= 0.6 is 0 Å². The third-order valence-electron chi connectivity index (χ3n) is 4.48. The van der Waals surface area contributed by atoms with Crippen LogP contribution < -0.4 is 10.1 Å². The van der Waals surface area contributed by atoms with Gasteiger partial charge < -0.3 is 14.8 Å². The van der Waals surface area contributed by atoms with Gasteiger partial charge in [0, 0.05) is 31.4 Å². The van der Waals surface area contributed by atoms with E-state index in [1.807, 2.05) is 42.5 Å². The highest BCUT2D eigenvalue weighted by Crippen LogP contribution is 2.15. The summed E-state index contributed by atoms with van der Waals surface area (Å²) in [7, 11) is 0. The molecular weight excluding hydrogens is 352 g/mol. The van der Waals surface area contributed by atoms with Crippen molar-refractivity contribution in [3.05, 3.63) is 65.7 Å². The molecule has 0 atom stereocenters. The van der Waals surface area contributed by atoms with Gasteiger partial charge in [0.15, 0.2) is 0 Å². The molecular formula is C23H28N2O3. The van der Waals surface area contributed by atoms with Crippen LogP contribution in [0.15, 0.2) is 54.6 Å². The number of nitrogens with one attached hydrogen (secondary N) is 1. The second kappa shape index (κ2) is 10.6. The minimum atomic E-state index is -0.144. The molecule has 0 saturated carbocycles. The minimum absolute atomic E-state index is 0.144. The van der Waals surface area contributed by atoms with Gasteiger partial charge in [0.2, 0.25) is 5.91 Å². The molecule has 148 valence electrons. The monoisotopic (exact) mass is 380 g/mol. The Balaban J connectivity index is 1.52. The lowest BCUT2D eigenvalue weighted by Crippen LogP contribution is -2.35. The number of rotatable bonds is 8. The maximum atomic E-state index is 12.2. The SMILES string of the molecule is CCCOc1ccc(/C=C/C(=O)Nc2cccc(CN3CCOCC3)c2)cc1. The summed E-state index contributed by atoms with van der Waals surface area (Å²) < 4.78 is 11.0. The van der Waals surface area contributed by atoms with E-state index in [0.717, 1.165) is 56.3 Å². The summed E-state index contributed by atoms with van der Waals surface area (Å²) in [6.45, 7) is 7.12. The highest BCUT2D eigenvalue weighted by Gasteiger charge is 2.11. The van der Waals surface area contributed by atoms with Gasteiger partial charge >= 0.3 is 0 Å². The molecule has 0 aromatic heterocycles. The molecule has 1 fully saturated rings. The van der Waals surface area contributed by atoms with Crippen LogP contribution in [0.3, 0.4) is 0 Å². The zero-order valence-corrected chi connectivity index (χ0v) is 16.4. The molecule has 1 aliphatic rings. The first-order valence-corrected chi connectivity index (χ1v) is 9.84. The Kier molecular flexibility index (Phi) is 7.64. The third kappa shape index (κ3) is 6.51. The molecule has 0 unspecified atom stereocenters. The van der Waals surface area contributed by atoms with E-state index in [0.29, 0.717) is 6.61 Å². The van der Waals surface area contributed by atoms with Crippen molar-refractivity contribution in [3.63, 3.8) is 0 Å². The van der Waals surface area contributed by atoms with Gasteiger partial charge in [-0.2, -0.15) is 0 Å². The smallest absolute Gasteiger partial charge is 0.248 e. The first-order chi connectivity index (χ1) is 13.7. The molecule has 0 radical (unpaired) electrons. The molecule has 2 aromatic rings. The second-order valence-electron chi connectivity index (χ2n) is 6.83. The molecule has 28 heavy (non-hydrogen) atoms. The Labute approximate surface area is 167 Å². The van der Waals surface area contributed by atoms with Gasteiger partial charge in [-0.15, -0.1) is 0 Å². The standard InChI is InChI=1S/C23H28N2O3/c1-2-14-28-22-9-6-19(7-10-22)8-11-23(26)24-21-5-3-4-20(17-21)18-25-12-15-27-16-13-25/h3-11,17H,2,12-16,18H2,1H3,(H,24,26)/b11-8+. The zero-order valence-electron chi connectivity index (χ0n) is 16.4. The molecule has 0 spiro atoms. The van der Waals surface area contributed by atoms with Gasteiger partial charge in [0.1, 0.15) is 5.75 Å². The number of hydrogen-bond acceptors (Lipinski definition) is 4. The lowest BCUT2D eigenvalue weighted by Gasteiger charge is -2.26. The van der Waals surface area contributed by atoms with E-state index in [9.17, 15) is 4.79 Å². The van der Waals surface area contributed by atoms with E-state index in [-0.39, 0.29) is 5.91 Å². The van der Waals surface area contributed by atoms with E-state index in [1.54, 1.807) is 12.2 Å². The van der Waals surface area contributed by atoms with Crippen molar-refractivity contribution in [2.75, 3.05) is 38.2 Å². The van der Waals surface area contributed by atoms with Gasteiger partial charge in [0.05, 0.1) is 19.8 Å². The molecule has 1 heterocycles. The molecule has 2 aromatic carbocycles. The van der Waals surface area contributed by atoms with Crippen LogP contribution in [-0.2, 0) is 16.1 Å². The van der Waals surface area contributed by atoms with Gasteiger partial charge in [-0.3, -0.25) is 9.69 Å². The summed E-state index contributed by atoms with van der Waals surface area (Å²) in [6, 6.07) is 15.7. The van der Waals surface area contributed by atoms with E-state index in [4.69, 9.17) is 9.47 Å². The number of carbonyl (C=O) groups is 1. The van der Waals surface area contributed by atoms with Crippen LogP contribution in [0.5, 0.6) is 5.75 Å². The van der Waals surface area contributed by atoms with Crippen LogP contribution in [0.2, 0.25) is 0 Å². The van der Waals surface area contributed by atoms with Crippen molar-refractivity contribution in [1.82, 2.24) is 4.90 Å². The third-order valence-corrected chi connectivity index (χ3v) is 4.48. The maximum Gasteiger partial charge on any atom is 0.248 e. The van der Waals surface area contributed by atoms with Crippen LogP contribution in [0.4, 0.5) is 5.69 Å². The van der Waals surface area contributed by atoms with E-state index >= 15 is 0 Å². The van der Waals surface area contributed by atoms with Crippen molar-refractivity contribution in [2.24, 2.45) is 0 Å². The van der Waals surface area contributed by atoms with Crippen LogP contribution in [0, 0.1) is 0 Å². The molecule has 1 aliphatic heterocycles. The van der Waals surface area contributed by atoms with Gasteiger partial charge in [0.25, 0.3) is 0 Å². The highest BCUT2D eigenvalue weighted by molar-refractivity contribution is 6.01. The lowest BCUT2D eigenvalue weighted by molar-refractivity contribution is -0.111. The lowest BCUT2D eigenvalue weighted by atomic mass is 10.1. The van der Waals surface area contributed by atoms with Gasteiger partial charge in [-0.1, -0.05) is 31.2 Å². The number of nitrogens with zero attached hydrogens (tertiary/aromatic N) is 1. The molecule has 0 bridgehead atoms. The van der Waals surface area contributed by atoms with E-state index < -0.39 is 0 Å².